The van der Waals surface area contributed by atoms with Crippen LogP contribution < -0.4 is 15.4 Å². The fourth-order valence-electron chi connectivity index (χ4n) is 5.21. The number of methoxy groups -OCH3 is 1. The highest BCUT2D eigenvalue weighted by atomic mass is 32.1. The van der Waals surface area contributed by atoms with Gasteiger partial charge in [0.25, 0.3) is 0 Å². The minimum absolute atomic E-state index is 0.107. The summed E-state index contributed by atoms with van der Waals surface area (Å²) in [5.74, 6) is 0.516. The Morgan fingerprint density at radius 3 is 2.67 bits per heavy atom. The third-order valence-electron chi connectivity index (χ3n) is 7.15. The maximum atomic E-state index is 13.0. The molecule has 4 aromatic rings. The summed E-state index contributed by atoms with van der Waals surface area (Å²) in [6.45, 7) is 5.44. The number of ether oxygens (including phenoxy) is 1. The standard InChI is InChI=1S/C30H32N6O2S/c1-20-17-23(21(2)36(20)19-22-9-8-14-31-18-22)29-28(25-11-6-7-15-32-25)34-30(39)35(29)16-13-27(37)33-24-10-4-5-12-26(24)38-3/h4-12,14-15,17-18,28-29H,13,16,19H2,1-3H3,(H,33,37)(H,34,39)/t28-,29+/m0/s1. The molecule has 2 N–H and O–H groups in total. The number of amides is 1. The van der Waals surface area contributed by atoms with E-state index in [0.717, 1.165) is 34.8 Å². The molecule has 1 aromatic carbocycles. The zero-order valence-corrected chi connectivity index (χ0v) is 23.1. The number of nitrogens with one attached hydrogen (secondary N) is 2. The van der Waals surface area contributed by atoms with E-state index in [1.54, 1.807) is 19.5 Å². The van der Waals surface area contributed by atoms with Crippen LogP contribution in [0.4, 0.5) is 5.69 Å². The molecule has 200 valence electrons. The molecule has 0 radical (unpaired) electrons. The van der Waals surface area contributed by atoms with Crippen molar-refractivity contribution in [1.29, 1.82) is 0 Å². The van der Waals surface area contributed by atoms with Crippen molar-refractivity contribution in [2.75, 3.05) is 19.0 Å². The second-order valence-electron chi connectivity index (χ2n) is 9.59. The van der Waals surface area contributed by atoms with Crippen LogP contribution in [0.3, 0.4) is 0 Å². The molecule has 9 heteroatoms. The lowest BCUT2D eigenvalue weighted by Crippen LogP contribution is -2.33. The first-order valence-corrected chi connectivity index (χ1v) is 13.3. The number of thiocarbonyl (C=S) groups is 1. The van der Waals surface area contributed by atoms with E-state index in [4.69, 9.17) is 17.0 Å². The molecule has 5 rings (SSSR count). The summed E-state index contributed by atoms with van der Waals surface area (Å²) in [5, 5.41) is 7.07. The Bertz CT molecular complexity index is 1460. The maximum Gasteiger partial charge on any atom is 0.226 e. The Morgan fingerprint density at radius 2 is 1.92 bits per heavy atom. The van der Waals surface area contributed by atoms with Crippen LogP contribution in [-0.4, -0.2) is 44.1 Å². The number of rotatable bonds is 9. The molecule has 2 atom stereocenters. The third-order valence-corrected chi connectivity index (χ3v) is 7.51. The van der Waals surface area contributed by atoms with Gasteiger partial charge in [0.15, 0.2) is 5.11 Å². The number of carbonyl (C=O) groups excluding carboxylic acids is 1. The molecule has 0 aliphatic carbocycles. The van der Waals surface area contributed by atoms with Crippen molar-refractivity contribution in [3.8, 4) is 5.75 Å². The highest BCUT2D eigenvalue weighted by Crippen LogP contribution is 2.41. The van der Waals surface area contributed by atoms with Crippen LogP contribution in [0.5, 0.6) is 5.75 Å². The third kappa shape index (κ3) is 5.63. The van der Waals surface area contributed by atoms with Crippen LogP contribution in [0.2, 0.25) is 0 Å². The largest absolute Gasteiger partial charge is 0.495 e. The first-order valence-electron chi connectivity index (χ1n) is 12.9. The van der Waals surface area contributed by atoms with Gasteiger partial charge in [-0.1, -0.05) is 24.3 Å². The van der Waals surface area contributed by atoms with Crippen molar-refractivity contribution < 1.29 is 9.53 Å². The lowest BCUT2D eigenvalue weighted by Gasteiger charge is -2.28. The summed E-state index contributed by atoms with van der Waals surface area (Å²) in [5.41, 5.74) is 6.15. The number of nitrogens with zero attached hydrogens (tertiary/aromatic N) is 4. The fraction of sp³-hybridized carbons (Fsp3) is 0.267. The topological polar surface area (TPSA) is 84.3 Å². The van der Waals surface area contributed by atoms with Crippen LogP contribution >= 0.6 is 12.2 Å². The number of para-hydroxylation sites is 2. The van der Waals surface area contributed by atoms with Gasteiger partial charge in [-0.05, 0) is 73.6 Å². The molecule has 1 aliphatic rings. The SMILES string of the molecule is COc1ccccc1NC(=O)CCN1C(=S)N[C@@H](c2ccccn2)[C@H]1c1cc(C)n(Cc2cccnc2)c1C. The van der Waals surface area contributed by atoms with Gasteiger partial charge in [0.1, 0.15) is 5.75 Å². The summed E-state index contributed by atoms with van der Waals surface area (Å²) < 4.78 is 7.68. The number of benzene rings is 1. The van der Waals surface area contributed by atoms with Crippen LogP contribution in [0.1, 0.15) is 46.7 Å². The van der Waals surface area contributed by atoms with E-state index in [-0.39, 0.29) is 24.4 Å². The molecular weight excluding hydrogens is 508 g/mol. The number of anilines is 1. The molecule has 1 saturated heterocycles. The molecule has 4 heterocycles. The Balaban J connectivity index is 1.43. The van der Waals surface area contributed by atoms with Crippen molar-refractivity contribution in [2.24, 2.45) is 0 Å². The van der Waals surface area contributed by atoms with Crippen molar-refractivity contribution in [3.63, 3.8) is 0 Å². The molecule has 0 saturated carbocycles. The predicted molar refractivity (Wildman–Crippen MR) is 156 cm³/mol. The molecule has 1 aliphatic heterocycles. The number of hydrogen-bond acceptors (Lipinski definition) is 5. The van der Waals surface area contributed by atoms with E-state index in [1.807, 2.05) is 54.7 Å². The molecular formula is C30H32N6O2S. The molecule has 0 spiro atoms. The predicted octanol–water partition coefficient (Wildman–Crippen LogP) is 4.95. The summed E-state index contributed by atoms with van der Waals surface area (Å²) >= 11 is 5.82. The Labute approximate surface area is 234 Å². The van der Waals surface area contributed by atoms with Crippen molar-refractivity contribution in [3.05, 3.63) is 107 Å². The highest BCUT2D eigenvalue weighted by Gasteiger charge is 2.41. The Kier molecular flexibility index (Phi) is 7.88. The number of pyridine rings is 2. The number of hydrogen-bond donors (Lipinski definition) is 2. The molecule has 1 amide bonds. The van der Waals surface area contributed by atoms with Gasteiger partial charge in [-0.25, -0.2) is 0 Å². The molecule has 8 nitrogen and oxygen atoms in total. The van der Waals surface area contributed by atoms with Crippen molar-refractivity contribution >= 4 is 28.9 Å². The van der Waals surface area contributed by atoms with E-state index in [1.165, 1.54) is 0 Å². The smallest absolute Gasteiger partial charge is 0.226 e. The minimum atomic E-state index is -0.150. The van der Waals surface area contributed by atoms with Gasteiger partial charge in [-0.15, -0.1) is 0 Å². The van der Waals surface area contributed by atoms with E-state index in [0.29, 0.717) is 23.1 Å². The average molecular weight is 541 g/mol. The van der Waals surface area contributed by atoms with Gasteiger partial charge in [0.2, 0.25) is 5.91 Å². The zero-order chi connectivity index (χ0) is 27.4. The maximum absolute atomic E-state index is 13.0. The fourth-order valence-corrected chi connectivity index (χ4v) is 5.54. The van der Waals surface area contributed by atoms with E-state index < -0.39 is 0 Å². The van der Waals surface area contributed by atoms with Crippen LogP contribution in [0, 0.1) is 13.8 Å². The first kappa shape index (κ1) is 26.4. The molecule has 0 bridgehead atoms. The molecule has 0 unspecified atom stereocenters. The summed E-state index contributed by atoms with van der Waals surface area (Å²) in [6, 6.07) is 19.3. The highest BCUT2D eigenvalue weighted by molar-refractivity contribution is 7.80. The second-order valence-corrected chi connectivity index (χ2v) is 9.98. The first-order chi connectivity index (χ1) is 19.0. The number of carbonyl (C=O) groups is 1. The van der Waals surface area contributed by atoms with Crippen LogP contribution in [0.25, 0.3) is 0 Å². The van der Waals surface area contributed by atoms with Gasteiger partial charge in [-0.2, -0.15) is 0 Å². The van der Waals surface area contributed by atoms with Crippen molar-refractivity contribution in [2.45, 2.75) is 38.9 Å². The van der Waals surface area contributed by atoms with Gasteiger partial charge in [0.05, 0.1) is 30.6 Å². The van der Waals surface area contributed by atoms with E-state index >= 15 is 0 Å². The Morgan fingerprint density at radius 1 is 1.10 bits per heavy atom. The van der Waals surface area contributed by atoms with Crippen LogP contribution in [-0.2, 0) is 11.3 Å². The summed E-state index contributed by atoms with van der Waals surface area (Å²) in [6.07, 6.45) is 5.74. The molecule has 1 fully saturated rings. The van der Waals surface area contributed by atoms with E-state index in [2.05, 4.69) is 56.0 Å². The van der Waals surface area contributed by atoms with Gasteiger partial charge in [-0.3, -0.25) is 14.8 Å². The average Bonchev–Trinajstić information content (AvgIpc) is 3.43. The van der Waals surface area contributed by atoms with Gasteiger partial charge < -0.3 is 24.8 Å². The summed E-state index contributed by atoms with van der Waals surface area (Å²) in [7, 11) is 1.59. The van der Waals surface area contributed by atoms with Crippen LogP contribution in [0.15, 0.2) is 79.3 Å². The van der Waals surface area contributed by atoms with Gasteiger partial charge in [0, 0.05) is 49.5 Å². The normalized spacial score (nSPS) is 16.7. The van der Waals surface area contributed by atoms with Crippen molar-refractivity contribution in [1.82, 2.24) is 24.8 Å². The zero-order valence-electron chi connectivity index (χ0n) is 22.3. The quantitative estimate of drug-likeness (QED) is 0.291. The monoisotopic (exact) mass is 540 g/mol. The molecule has 3 aromatic heterocycles. The Hall–Kier alpha value is -4.24. The minimum Gasteiger partial charge on any atom is -0.495 e. The summed E-state index contributed by atoms with van der Waals surface area (Å²) in [4.78, 5) is 24.0. The lowest BCUT2D eigenvalue weighted by molar-refractivity contribution is -0.116. The number of aromatic nitrogens is 3. The molecule has 39 heavy (non-hydrogen) atoms. The second kappa shape index (κ2) is 11.7. The van der Waals surface area contributed by atoms with E-state index in [9.17, 15) is 4.79 Å². The van der Waals surface area contributed by atoms with Gasteiger partial charge >= 0.3 is 0 Å². The number of aryl methyl sites for hydroxylation is 1. The lowest BCUT2D eigenvalue weighted by atomic mass is 9.96.